The fourth-order valence-electron chi connectivity index (χ4n) is 3.47. The molecule has 1 heterocycles. The molecule has 1 unspecified atom stereocenters. The van der Waals surface area contributed by atoms with Gasteiger partial charge in [-0.1, -0.05) is 12.1 Å². The van der Waals surface area contributed by atoms with Crippen LogP contribution in [0.1, 0.15) is 12.0 Å². The van der Waals surface area contributed by atoms with Crippen molar-refractivity contribution in [2.45, 2.75) is 18.6 Å². The Bertz CT molecular complexity index is 823. The minimum atomic E-state index is -4.37. The van der Waals surface area contributed by atoms with Gasteiger partial charge in [0, 0.05) is 38.8 Å². The first kappa shape index (κ1) is 20.0. The minimum Gasteiger partial charge on any atom is -0.363 e. The molecule has 5 nitrogen and oxygen atoms in total. The highest BCUT2D eigenvalue weighted by molar-refractivity contribution is 5.81. The molecule has 3 N–H and O–H groups in total. The van der Waals surface area contributed by atoms with E-state index in [1.165, 1.54) is 12.1 Å². The predicted octanol–water partition coefficient (Wildman–Crippen LogP) is 3.13. The minimum absolute atomic E-state index is 0.0570. The molecule has 0 spiro atoms. The van der Waals surface area contributed by atoms with Gasteiger partial charge in [0.2, 0.25) is 5.91 Å². The predicted molar refractivity (Wildman–Crippen MR) is 104 cm³/mol. The van der Waals surface area contributed by atoms with E-state index in [1.807, 2.05) is 29.2 Å². The summed E-state index contributed by atoms with van der Waals surface area (Å²) in [6.45, 7) is 1.39. The van der Waals surface area contributed by atoms with Gasteiger partial charge in [0.15, 0.2) is 0 Å². The van der Waals surface area contributed by atoms with Crippen LogP contribution < -0.4 is 20.9 Å². The first-order valence-corrected chi connectivity index (χ1v) is 9.06. The van der Waals surface area contributed by atoms with Gasteiger partial charge in [0.1, 0.15) is 0 Å². The van der Waals surface area contributed by atoms with Crippen molar-refractivity contribution < 1.29 is 18.0 Å². The van der Waals surface area contributed by atoms with E-state index in [4.69, 9.17) is 5.73 Å². The maximum Gasteiger partial charge on any atom is 0.416 e. The van der Waals surface area contributed by atoms with Gasteiger partial charge in [-0.05, 0) is 36.4 Å². The van der Waals surface area contributed by atoms with Crippen molar-refractivity contribution >= 4 is 23.0 Å². The van der Waals surface area contributed by atoms with E-state index in [1.54, 1.807) is 7.05 Å². The Morgan fingerprint density at radius 1 is 1.14 bits per heavy atom. The lowest BCUT2D eigenvalue weighted by molar-refractivity contribution is -0.137. The zero-order valence-electron chi connectivity index (χ0n) is 15.5. The van der Waals surface area contributed by atoms with Crippen molar-refractivity contribution in [2.24, 2.45) is 5.73 Å². The number of anilines is 3. The molecule has 0 bridgehead atoms. The van der Waals surface area contributed by atoms with Crippen molar-refractivity contribution in [3.8, 4) is 0 Å². The molecule has 3 rings (SSSR count). The number of hydrogen-bond donors (Lipinski definition) is 2. The lowest BCUT2D eigenvalue weighted by Crippen LogP contribution is -2.52. The van der Waals surface area contributed by atoms with E-state index >= 15 is 0 Å². The van der Waals surface area contributed by atoms with Crippen LogP contribution in [0.3, 0.4) is 0 Å². The van der Waals surface area contributed by atoms with E-state index in [0.717, 1.165) is 23.5 Å². The summed E-state index contributed by atoms with van der Waals surface area (Å²) in [4.78, 5) is 15.8. The van der Waals surface area contributed by atoms with Crippen LogP contribution in [0.25, 0.3) is 0 Å². The third-order valence-electron chi connectivity index (χ3n) is 4.95. The number of nitrogens with one attached hydrogen (secondary N) is 1. The SMILES string of the molecule is CNC(=O)CCN1c2ccccc2N(c2ccc(C(F)(F)F)cc2)CC1CN. The monoisotopic (exact) mass is 392 g/mol. The summed E-state index contributed by atoms with van der Waals surface area (Å²) in [5.74, 6) is -0.0570. The standard InChI is InChI=1S/C20H23F3N4O/c1-25-19(28)10-11-26-16(12-24)13-27(18-5-3-2-4-17(18)26)15-8-6-14(7-9-15)20(21,22)23/h2-9,16H,10-13,24H2,1H3,(H,25,28). The molecule has 0 aliphatic carbocycles. The number of carbonyl (C=O) groups is 1. The van der Waals surface area contributed by atoms with Crippen molar-refractivity contribution in [1.29, 1.82) is 0 Å². The Morgan fingerprint density at radius 3 is 2.36 bits per heavy atom. The van der Waals surface area contributed by atoms with Crippen LogP contribution in [0, 0.1) is 0 Å². The number of carbonyl (C=O) groups excluding carboxylic acids is 1. The summed E-state index contributed by atoms with van der Waals surface area (Å²) in [6.07, 6.45) is -4.03. The van der Waals surface area contributed by atoms with E-state index in [9.17, 15) is 18.0 Å². The average molecular weight is 392 g/mol. The second kappa shape index (κ2) is 8.10. The third-order valence-corrected chi connectivity index (χ3v) is 4.95. The maximum atomic E-state index is 12.9. The van der Waals surface area contributed by atoms with Crippen LogP contribution in [-0.2, 0) is 11.0 Å². The van der Waals surface area contributed by atoms with Crippen LogP contribution in [0.2, 0.25) is 0 Å². The number of amides is 1. The fraction of sp³-hybridized carbons (Fsp3) is 0.350. The molecule has 1 aliphatic heterocycles. The molecule has 150 valence electrons. The van der Waals surface area contributed by atoms with Gasteiger partial charge < -0.3 is 20.9 Å². The quantitative estimate of drug-likeness (QED) is 0.821. The lowest BCUT2D eigenvalue weighted by atomic mass is 10.0. The van der Waals surface area contributed by atoms with Gasteiger partial charge in [-0.15, -0.1) is 0 Å². The Hall–Kier alpha value is -2.74. The second-order valence-electron chi connectivity index (χ2n) is 6.65. The molecule has 28 heavy (non-hydrogen) atoms. The van der Waals surface area contributed by atoms with Gasteiger partial charge in [-0.2, -0.15) is 13.2 Å². The number of benzene rings is 2. The lowest BCUT2D eigenvalue weighted by Gasteiger charge is -2.44. The van der Waals surface area contributed by atoms with E-state index < -0.39 is 11.7 Å². The summed E-state index contributed by atoms with van der Waals surface area (Å²) in [5, 5.41) is 2.61. The van der Waals surface area contributed by atoms with E-state index in [2.05, 4.69) is 10.2 Å². The highest BCUT2D eigenvalue weighted by atomic mass is 19.4. The van der Waals surface area contributed by atoms with Crippen LogP contribution in [-0.4, -0.2) is 38.6 Å². The smallest absolute Gasteiger partial charge is 0.363 e. The molecule has 0 aromatic heterocycles. The molecule has 0 saturated heterocycles. The number of nitrogens with zero attached hydrogens (tertiary/aromatic N) is 2. The first-order chi connectivity index (χ1) is 13.3. The van der Waals surface area contributed by atoms with Crippen LogP contribution in [0.4, 0.5) is 30.2 Å². The van der Waals surface area contributed by atoms with Crippen LogP contribution in [0.15, 0.2) is 48.5 Å². The summed E-state index contributed by atoms with van der Waals surface area (Å²) in [6, 6.07) is 12.7. The van der Waals surface area contributed by atoms with E-state index in [0.29, 0.717) is 31.7 Å². The Labute approximate surface area is 161 Å². The number of alkyl halides is 3. The molecule has 2 aromatic rings. The molecule has 8 heteroatoms. The number of rotatable bonds is 5. The molecule has 1 aliphatic rings. The molecule has 0 fully saturated rings. The number of halogens is 3. The molecule has 0 saturated carbocycles. The number of hydrogen-bond acceptors (Lipinski definition) is 4. The Morgan fingerprint density at radius 2 is 1.79 bits per heavy atom. The van der Waals surface area contributed by atoms with Crippen molar-refractivity contribution in [1.82, 2.24) is 5.32 Å². The summed E-state index contributed by atoms with van der Waals surface area (Å²) < 4.78 is 38.6. The number of nitrogens with two attached hydrogens (primary N) is 1. The summed E-state index contributed by atoms with van der Waals surface area (Å²) in [7, 11) is 1.60. The molecule has 2 aromatic carbocycles. The van der Waals surface area contributed by atoms with Gasteiger partial charge in [0.05, 0.1) is 23.0 Å². The van der Waals surface area contributed by atoms with Crippen molar-refractivity contribution in [3.63, 3.8) is 0 Å². The fourth-order valence-corrected chi connectivity index (χ4v) is 3.47. The topological polar surface area (TPSA) is 61.6 Å². The van der Waals surface area contributed by atoms with Crippen molar-refractivity contribution in [3.05, 3.63) is 54.1 Å². The van der Waals surface area contributed by atoms with Crippen molar-refractivity contribution in [2.75, 3.05) is 36.5 Å². The molecule has 0 radical (unpaired) electrons. The van der Waals surface area contributed by atoms with Gasteiger partial charge >= 0.3 is 6.18 Å². The maximum absolute atomic E-state index is 12.9. The van der Waals surface area contributed by atoms with Gasteiger partial charge in [-0.25, -0.2) is 0 Å². The molecule has 1 atom stereocenters. The summed E-state index contributed by atoms with van der Waals surface area (Å²) in [5.41, 5.74) is 7.78. The first-order valence-electron chi connectivity index (χ1n) is 9.06. The average Bonchev–Trinajstić information content (AvgIpc) is 2.70. The third kappa shape index (κ3) is 4.06. The highest BCUT2D eigenvalue weighted by Gasteiger charge is 2.32. The normalized spacial score (nSPS) is 16.7. The highest BCUT2D eigenvalue weighted by Crippen LogP contribution is 2.40. The van der Waals surface area contributed by atoms with Gasteiger partial charge in [0.25, 0.3) is 0 Å². The van der Waals surface area contributed by atoms with E-state index in [-0.39, 0.29) is 11.9 Å². The zero-order valence-corrected chi connectivity index (χ0v) is 15.5. The second-order valence-corrected chi connectivity index (χ2v) is 6.65. The Kier molecular flexibility index (Phi) is 5.79. The molecule has 1 amide bonds. The van der Waals surface area contributed by atoms with Crippen LogP contribution in [0.5, 0.6) is 0 Å². The summed E-state index contributed by atoms with van der Waals surface area (Å²) >= 11 is 0. The molecular formula is C20H23F3N4O. The number of para-hydroxylation sites is 2. The van der Waals surface area contributed by atoms with Gasteiger partial charge in [-0.3, -0.25) is 4.79 Å². The zero-order chi connectivity index (χ0) is 20.3. The largest absolute Gasteiger partial charge is 0.416 e. The van der Waals surface area contributed by atoms with Crippen LogP contribution >= 0.6 is 0 Å². The number of fused-ring (bicyclic) bond motifs is 1. The Balaban J connectivity index is 1.94. The molecular weight excluding hydrogens is 369 g/mol.